The van der Waals surface area contributed by atoms with Gasteiger partial charge in [-0.1, -0.05) is 0 Å². The van der Waals surface area contributed by atoms with Gasteiger partial charge >= 0.3 is 0 Å². The van der Waals surface area contributed by atoms with Gasteiger partial charge in [0.25, 0.3) is 0 Å². The molecule has 3 N–H and O–H groups in total. The Balaban J connectivity index is 2.65. The number of hydrogen-bond acceptors (Lipinski definition) is 5. The summed E-state index contributed by atoms with van der Waals surface area (Å²) < 4.78 is 4.88. The van der Waals surface area contributed by atoms with Crippen LogP contribution >= 0.6 is 0 Å². The average Bonchev–Trinajstić information content (AvgIpc) is 2.38. The van der Waals surface area contributed by atoms with Crippen molar-refractivity contribution in [3.05, 3.63) is 23.4 Å². The normalized spacial score (nSPS) is 10.3. The lowest BCUT2D eigenvalue weighted by Crippen LogP contribution is -2.37. The topological polar surface area (TPSA) is 80.5 Å². The van der Waals surface area contributed by atoms with Crippen molar-refractivity contribution in [2.75, 3.05) is 38.8 Å². The van der Waals surface area contributed by atoms with Crippen molar-refractivity contribution < 1.29 is 9.53 Å². The van der Waals surface area contributed by atoms with Crippen molar-refractivity contribution in [1.82, 2.24) is 10.3 Å². The van der Waals surface area contributed by atoms with E-state index < -0.39 is 0 Å². The number of likely N-dealkylation sites (N-methyl/N-ethyl adjacent to an activating group) is 1. The van der Waals surface area contributed by atoms with E-state index in [2.05, 4.69) is 10.3 Å². The summed E-state index contributed by atoms with van der Waals surface area (Å²) in [6.07, 6.45) is 1.73. The molecule has 0 saturated heterocycles. The molecule has 1 aromatic rings. The maximum atomic E-state index is 11.7. The third-order valence-electron chi connectivity index (χ3n) is 2.84. The van der Waals surface area contributed by atoms with Crippen LogP contribution in [0.1, 0.15) is 11.1 Å². The molecule has 0 fully saturated rings. The lowest BCUT2D eigenvalue weighted by atomic mass is 10.1. The van der Waals surface area contributed by atoms with E-state index in [1.807, 2.05) is 20.0 Å². The molecule has 0 aliphatic heterocycles. The zero-order chi connectivity index (χ0) is 14.3. The van der Waals surface area contributed by atoms with Gasteiger partial charge in [-0.25, -0.2) is 4.98 Å². The van der Waals surface area contributed by atoms with Gasteiger partial charge in [-0.3, -0.25) is 4.79 Å². The molecule has 6 heteroatoms. The minimum atomic E-state index is -0.0640. The molecule has 0 aromatic carbocycles. The zero-order valence-electron chi connectivity index (χ0n) is 11.8. The van der Waals surface area contributed by atoms with Crippen LogP contribution in [0.4, 0.5) is 5.82 Å². The number of ether oxygens (including phenoxy) is 1. The Morgan fingerprint density at radius 1 is 1.58 bits per heavy atom. The summed E-state index contributed by atoms with van der Waals surface area (Å²) in [4.78, 5) is 17.8. The standard InChI is InChI=1S/C13H22N4O2/c1-10-4-5-16-13(11(10)8-14)17(2)9-12(18)15-6-7-19-3/h4-5H,6-9,14H2,1-3H3,(H,15,18). The summed E-state index contributed by atoms with van der Waals surface area (Å²) in [5, 5.41) is 2.77. The number of methoxy groups -OCH3 is 1. The molecule has 1 amide bonds. The number of carbonyl (C=O) groups is 1. The van der Waals surface area contributed by atoms with Crippen molar-refractivity contribution >= 4 is 11.7 Å². The van der Waals surface area contributed by atoms with Crippen LogP contribution in [0.2, 0.25) is 0 Å². The number of hydrogen-bond donors (Lipinski definition) is 2. The van der Waals surface area contributed by atoms with E-state index in [-0.39, 0.29) is 12.5 Å². The molecule has 0 atom stereocenters. The Bertz CT molecular complexity index is 423. The van der Waals surface area contributed by atoms with Crippen molar-refractivity contribution in [1.29, 1.82) is 0 Å². The van der Waals surface area contributed by atoms with Crippen LogP contribution in [0.5, 0.6) is 0 Å². The lowest BCUT2D eigenvalue weighted by Gasteiger charge is -2.21. The van der Waals surface area contributed by atoms with Gasteiger partial charge in [0, 0.05) is 39.0 Å². The monoisotopic (exact) mass is 266 g/mol. The third-order valence-corrected chi connectivity index (χ3v) is 2.84. The van der Waals surface area contributed by atoms with Gasteiger partial charge in [-0.2, -0.15) is 0 Å². The first-order valence-corrected chi connectivity index (χ1v) is 6.21. The number of aryl methyl sites for hydroxylation is 1. The molecule has 19 heavy (non-hydrogen) atoms. The van der Waals surface area contributed by atoms with Crippen LogP contribution in [0, 0.1) is 6.92 Å². The van der Waals surface area contributed by atoms with Gasteiger partial charge in [0.1, 0.15) is 5.82 Å². The number of anilines is 1. The quantitative estimate of drug-likeness (QED) is 0.682. The van der Waals surface area contributed by atoms with Crippen molar-refractivity contribution in [3.63, 3.8) is 0 Å². The Labute approximate surface area is 113 Å². The average molecular weight is 266 g/mol. The van der Waals surface area contributed by atoms with Crippen LogP contribution in [-0.2, 0) is 16.1 Å². The summed E-state index contributed by atoms with van der Waals surface area (Å²) in [5.41, 5.74) is 7.78. The molecule has 1 rings (SSSR count). The summed E-state index contributed by atoms with van der Waals surface area (Å²) in [6.45, 7) is 3.65. The van der Waals surface area contributed by atoms with E-state index in [1.165, 1.54) is 0 Å². The van der Waals surface area contributed by atoms with Crippen LogP contribution in [0.25, 0.3) is 0 Å². The number of nitrogens with zero attached hydrogens (tertiary/aromatic N) is 2. The third kappa shape index (κ3) is 4.50. The molecule has 0 aliphatic rings. The van der Waals surface area contributed by atoms with E-state index in [1.54, 1.807) is 18.2 Å². The molecule has 1 aromatic heterocycles. The van der Waals surface area contributed by atoms with Gasteiger partial charge in [0.2, 0.25) is 5.91 Å². The number of nitrogens with one attached hydrogen (secondary N) is 1. The van der Waals surface area contributed by atoms with E-state index in [4.69, 9.17) is 10.5 Å². The number of amides is 1. The number of pyridine rings is 1. The Hall–Kier alpha value is -1.66. The summed E-state index contributed by atoms with van der Waals surface area (Å²) in [5.74, 6) is 0.690. The van der Waals surface area contributed by atoms with E-state index in [9.17, 15) is 4.79 Å². The van der Waals surface area contributed by atoms with Gasteiger partial charge < -0.3 is 20.7 Å². The van der Waals surface area contributed by atoms with Gasteiger partial charge in [0.15, 0.2) is 0 Å². The highest BCUT2D eigenvalue weighted by Gasteiger charge is 2.13. The number of aromatic nitrogens is 1. The fourth-order valence-corrected chi connectivity index (χ4v) is 1.79. The molecule has 106 valence electrons. The van der Waals surface area contributed by atoms with Crippen molar-refractivity contribution in [2.45, 2.75) is 13.5 Å². The molecule has 0 unspecified atom stereocenters. The first-order valence-electron chi connectivity index (χ1n) is 6.21. The second-order valence-electron chi connectivity index (χ2n) is 4.33. The Kier molecular flexibility index (Phi) is 6.24. The van der Waals surface area contributed by atoms with Crippen LogP contribution in [-0.4, -0.2) is 44.7 Å². The summed E-state index contributed by atoms with van der Waals surface area (Å²) in [6, 6.07) is 1.91. The summed E-state index contributed by atoms with van der Waals surface area (Å²) in [7, 11) is 3.43. The van der Waals surface area contributed by atoms with E-state index >= 15 is 0 Å². The maximum Gasteiger partial charge on any atom is 0.239 e. The number of carbonyl (C=O) groups excluding carboxylic acids is 1. The largest absolute Gasteiger partial charge is 0.383 e. The predicted molar refractivity (Wildman–Crippen MR) is 75.0 cm³/mol. The summed E-state index contributed by atoms with van der Waals surface area (Å²) >= 11 is 0. The highest BCUT2D eigenvalue weighted by molar-refractivity contribution is 5.81. The molecule has 0 bridgehead atoms. The molecule has 6 nitrogen and oxygen atoms in total. The maximum absolute atomic E-state index is 11.7. The van der Waals surface area contributed by atoms with Gasteiger partial charge in [0.05, 0.1) is 13.2 Å². The van der Waals surface area contributed by atoms with Crippen molar-refractivity contribution in [2.24, 2.45) is 5.73 Å². The Morgan fingerprint density at radius 3 is 2.95 bits per heavy atom. The highest BCUT2D eigenvalue weighted by Crippen LogP contribution is 2.18. The first kappa shape index (κ1) is 15.4. The number of nitrogens with two attached hydrogens (primary N) is 1. The van der Waals surface area contributed by atoms with Crippen LogP contribution in [0.15, 0.2) is 12.3 Å². The molecule has 0 aliphatic carbocycles. The first-order chi connectivity index (χ1) is 9.10. The van der Waals surface area contributed by atoms with E-state index in [0.29, 0.717) is 19.7 Å². The van der Waals surface area contributed by atoms with E-state index in [0.717, 1.165) is 16.9 Å². The fourth-order valence-electron chi connectivity index (χ4n) is 1.79. The molecule has 0 radical (unpaired) electrons. The minimum Gasteiger partial charge on any atom is -0.383 e. The molecule has 0 spiro atoms. The molecule has 1 heterocycles. The zero-order valence-corrected chi connectivity index (χ0v) is 11.8. The van der Waals surface area contributed by atoms with Gasteiger partial charge in [-0.05, 0) is 18.6 Å². The second kappa shape index (κ2) is 7.70. The second-order valence-corrected chi connectivity index (χ2v) is 4.33. The smallest absolute Gasteiger partial charge is 0.239 e. The van der Waals surface area contributed by atoms with Gasteiger partial charge in [-0.15, -0.1) is 0 Å². The molecular formula is C13H22N4O2. The van der Waals surface area contributed by atoms with Crippen LogP contribution < -0.4 is 16.0 Å². The van der Waals surface area contributed by atoms with Crippen LogP contribution in [0.3, 0.4) is 0 Å². The highest BCUT2D eigenvalue weighted by atomic mass is 16.5. The SMILES string of the molecule is COCCNC(=O)CN(C)c1nccc(C)c1CN. The molecule has 0 saturated carbocycles. The Morgan fingerprint density at radius 2 is 2.32 bits per heavy atom. The van der Waals surface area contributed by atoms with Crippen molar-refractivity contribution in [3.8, 4) is 0 Å². The lowest BCUT2D eigenvalue weighted by molar-refractivity contribution is -0.119. The predicted octanol–water partition coefficient (Wildman–Crippen LogP) is 0.0475. The number of rotatable bonds is 7. The fraction of sp³-hybridized carbons (Fsp3) is 0.538. The molecular weight excluding hydrogens is 244 g/mol. The minimum absolute atomic E-state index is 0.0640.